The summed E-state index contributed by atoms with van der Waals surface area (Å²) in [6.07, 6.45) is 3.15. The molecule has 0 aromatic rings. The molecule has 0 radical (unpaired) electrons. The SMILES string of the molecule is CCCCC1(C#N)CCOC1=O. The minimum absolute atomic E-state index is 0.321. The van der Waals surface area contributed by atoms with Crippen LogP contribution in [0.25, 0.3) is 0 Å². The van der Waals surface area contributed by atoms with Gasteiger partial charge < -0.3 is 4.74 Å². The molecule has 12 heavy (non-hydrogen) atoms. The summed E-state index contributed by atoms with van der Waals surface area (Å²) in [5.74, 6) is -0.321. The van der Waals surface area contributed by atoms with Crippen LogP contribution in [0.1, 0.15) is 32.6 Å². The number of ether oxygens (including phenoxy) is 1. The molecule has 0 bridgehead atoms. The van der Waals surface area contributed by atoms with E-state index in [9.17, 15) is 4.79 Å². The first-order valence-electron chi connectivity index (χ1n) is 4.33. The highest BCUT2D eigenvalue weighted by Crippen LogP contribution is 2.34. The Morgan fingerprint density at radius 3 is 2.92 bits per heavy atom. The topological polar surface area (TPSA) is 50.1 Å². The Bertz CT molecular complexity index is 219. The summed E-state index contributed by atoms with van der Waals surface area (Å²) in [6.45, 7) is 2.46. The molecule has 1 fully saturated rings. The lowest BCUT2D eigenvalue weighted by Gasteiger charge is -2.13. The molecule has 1 aliphatic heterocycles. The van der Waals surface area contributed by atoms with E-state index in [1.54, 1.807) is 0 Å². The number of hydrogen-bond donors (Lipinski definition) is 0. The molecular formula is C9H13NO2. The van der Waals surface area contributed by atoms with E-state index < -0.39 is 5.41 Å². The van der Waals surface area contributed by atoms with Gasteiger partial charge in [-0.2, -0.15) is 5.26 Å². The second kappa shape index (κ2) is 3.57. The van der Waals surface area contributed by atoms with Gasteiger partial charge in [0.2, 0.25) is 0 Å². The number of nitrogens with zero attached hydrogens (tertiary/aromatic N) is 1. The van der Waals surface area contributed by atoms with E-state index in [2.05, 4.69) is 6.07 Å². The van der Waals surface area contributed by atoms with Crippen molar-refractivity contribution in [2.75, 3.05) is 6.61 Å². The summed E-state index contributed by atoms with van der Waals surface area (Å²) in [6, 6.07) is 2.09. The molecule has 0 spiro atoms. The van der Waals surface area contributed by atoms with Crippen LogP contribution in [0.4, 0.5) is 0 Å². The van der Waals surface area contributed by atoms with Crippen LogP contribution in [-0.2, 0) is 9.53 Å². The van der Waals surface area contributed by atoms with Crippen molar-refractivity contribution in [1.29, 1.82) is 5.26 Å². The monoisotopic (exact) mass is 167 g/mol. The summed E-state index contributed by atoms with van der Waals surface area (Å²) in [5, 5.41) is 8.86. The highest BCUT2D eigenvalue weighted by Gasteiger charge is 2.44. The molecule has 0 aliphatic carbocycles. The van der Waals surface area contributed by atoms with E-state index in [0.29, 0.717) is 19.4 Å². The molecule has 1 unspecified atom stereocenters. The second-order valence-corrected chi connectivity index (χ2v) is 3.18. The fourth-order valence-electron chi connectivity index (χ4n) is 1.42. The van der Waals surface area contributed by atoms with E-state index in [4.69, 9.17) is 10.00 Å². The normalized spacial score (nSPS) is 28.2. The van der Waals surface area contributed by atoms with Crippen molar-refractivity contribution in [1.82, 2.24) is 0 Å². The zero-order valence-corrected chi connectivity index (χ0v) is 7.30. The molecule has 0 N–H and O–H groups in total. The van der Waals surface area contributed by atoms with Crippen LogP contribution in [0.15, 0.2) is 0 Å². The van der Waals surface area contributed by atoms with Crippen molar-refractivity contribution >= 4 is 5.97 Å². The van der Waals surface area contributed by atoms with E-state index in [1.165, 1.54) is 0 Å². The lowest BCUT2D eigenvalue weighted by molar-refractivity contribution is -0.144. The Hall–Kier alpha value is -1.04. The lowest BCUT2D eigenvalue weighted by atomic mass is 9.83. The van der Waals surface area contributed by atoms with Gasteiger partial charge in [-0.1, -0.05) is 19.8 Å². The van der Waals surface area contributed by atoms with Gasteiger partial charge in [-0.25, -0.2) is 0 Å². The van der Waals surface area contributed by atoms with Gasteiger partial charge in [0.15, 0.2) is 5.41 Å². The van der Waals surface area contributed by atoms with Crippen molar-refractivity contribution in [2.45, 2.75) is 32.6 Å². The molecule has 1 saturated heterocycles. The Labute approximate surface area is 72.3 Å². The molecule has 1 heterocycles. The maximum absolute atomic E-state index is 11.2. The van der Waals surface area contributed by atoms with Crippen molar-refractivity contribution < 1.29 is 9.53 Å². The Morgan fingerprint density at radius 1 is 1.75 bits per heavy atom. The first-order chi connectivity index (χ1) is 5.75. The molecule has 3 nitrogen and oxygen atoms in total. The molecule has 1 atom stereocenters. The molecule has 1 aliphatic rings. The third-order valence-corrected chi connectivity index (χ3v) is 2.32. The standard InChI is InChI=1S/C9H13NO2/c1-2-3-4-9(7-10)5-6-12-8(9)11/h2-6H2,1H3. The average molecular weight is 167 g/mol. The molecule has 3 heteroatoms. The summed E-state index contributed by atoms with van der Waals surface area (Å²) in [7, 11) is 0. The second-order valence-electron chi connectivity index (χ2n) is 3.18. The molecule has 0 amide bonds. The van der Waals surface area contributed by atoms with Gasteiger partial charge in [-0.05, 0) is 6.42 Å². The van der Waals surface area contributed by atoms with Gasteiger partial charge >= 0.3 is 5.97 Å². The van der Waals surface area contributed by atoms with Gasteiger partial charge in [0, 0.05) is 6.42 Å². The number of unbranched alkanes of at least 4 members (excludes halogenated alkanes) is 1. The van der Waals surface area contributed by atoms with Gasteiger partial charge in [-0.15, -0.1) is 0 Å². The largest absolute Gasteiger partial charge is 0.464 e. The van der Waals surface area contributed by atoms with Crippen molar-refractivity contribution in [3.8, 4) is 6.07 Å². The highest BCUT2D eigenvalue weighted by atomic mass is 16.5. The quantitative estimate of drug-likeness (QED) is 0.600. The van der Waals surface area contributed by atoms with E-state index in [0.717, 1.165) is 12.8 Å². The molecule has 1 rings (SSSR count). The summed E-state index contributed by atoms with van der Waals surface area (Å²) < 4.78 is 4.80. The maximum atomic E-state index is 11.2. The van der Waals surface area contributed by atoms with Crippen LogP contribution in [0.2, 0.25) is 0 Å². The van der Waals surface area contributed by atoms with Gasteiger partial charge in [0.1, 0.15) is 0 Å². The van der Waals surface area contributed by atoms with E-state index in [1.807, 2.05) is 6.92 Å². The number of esters is 1. The Morgan fingerprint density at radius 2 is 2.50 bits per heavy atom. The zero-order valence-electron chi connectivity index (χ0n) is 7.30. The number of rotatable bonds is 3. The summed E-state index contributed by atoms with van der Waals surface area (Å²) in [4.78, 5) is 11.2. The Balaban J connectivity index is 2.63. The molecule has 0 aromatic heterocycles. The summed E-state index contributed by atoms with van der Waals surface area (Å²) in [5.41, 5.74) is -0.810. The minimum Gasteiger partial charge on any atom is -0.464 e. The number of carbonyl (C=O) groups excluding carboxylic acids is 1. The third-order valence-electron chi connectivity index (χ3n) is 2.32. The fraction of sp³-hybridized carbons (Fsp3) is 0.778. The van der Waals surface area contributed by atoms with Crippen LogP contribution in [-0.4, -0.2) is 12.6 Å². The maximum Gasteiger partial charge on any atom is 0.326 e. The average Bonchev–Trinajstić information content (AvgIpc) is 2.45. The van der Waals surface area contributed by atoms with Crippen molar-refractivity contribution in [3.05, 3.63) is 0 Å². The number of cyclic esters (lactones) is 1. The fourth-order valence-corrected chi connectivity index (χ4v) is 1.42. The van der Waals surface area contributed by atoms with Gasteiger partial charge in [0.05, 0.1) is 12.7 Å². The smallest absolute Gasteiger partial charge is 0.326 e. The Kier molecular flexibility index (Phi) is 2.69. The van der Waals surface area contributed by atoms with Crippen LogP contribution >= 0.6 is 0 Å². The summed E-state index contributed by atoms with van der Waals surface area (Å²) >= 11 is 0. The van der Waals surface area contributed by atoms with Crippen LogP contribution in [0, 0.1) is 16.7 Å². The molecule has 66 valence electrons. The third kappa shape index (κ3) is 1.42. The number of nitriles is 1. The van der Waals surface area contributed by atoms with Crippen LogP contribution in [0.5, 0.6) is 0 Å². The first-order valence-corrected chi connectivity index (χ1v) is 4.33. The first kappa shape index (κ1) is 9.05. The lowest BCUT2D eigenvalue weighted by Crippen LogP contribution is -2.24. The predicted molar refractivity (Wildman–Crippen MR) is 43.1 cm³/mol. The number of hydrogen-bond acceptors (Lipinski definition) is 3. The van der Waals surface area contributed by atoms with E-state index >= 15 is 0 Å². The van der Waals surface area contributed by atoms with E-state index in [-0.39, 0.29) is 5.97 Å². The molecule has 0 aromatic carbocycles. The van der Waals surface area contributed by atoms with Gasteiger partial charge in [-0.3, -0.25) is 4.79 Å². The number of carbonyl (C=O) groups is 1. The van der Waals surface area contributed by atoms with Crippen molar-refractivity contribution in [3.63, 3.8) is 0 Å². The highest BCUT2D eigenvalue weighted by molar-refractivity contribution is 5.81. The van der Waals surface area contributed by atoms with Gasteiger partial charge in [0.25, 0.3) is 0 Å². The minimum atomic E-state index is -0.810. The molecule has 0 saturated carbocycles. The predicted octanol–water partition coefficient (Wildman–Crippen LogP) is 1.63. The van der Waals surface area contributed by atoms with Crippen molar-refractivity contribution in [2.24, 2.45) is 5.41 Å². The molecular weight excluding hydrogens is 154 g/mol. The zero-order chi connectivity index (χ0) is 9.03. The van der Waals surface area contributed by atoms with Crippen LogP contribution in [0.3, 0.4) is 0 Å². The van der Waals surface area contributed by atoms with Crippen LogP contribution < -0.4 is 0 Å².